The largest absolute Gasteiger partial charge is 0.484 e. The van der Waals surface area contributed by atoms with E-state index in [1.54, 1.807) is 0 Å². The minimum Gasteiger partial charge on any atom is -0.484 e. The molecule has 0 N–H and O–H groups in total. The molecule has 1 aromatic heterocycles. The van der Waals surface area contributed by atoms with E-state index >= 15 is 0 Å². The van der Waals surface area contributed by atoms with Crippen molar-refractivity contribution < 1.29 is 4.74 Å². The van der Waals surface area contributed by atoms with E-state index in [4.69, 9.17) is 21.3 Å². The summed E-state index contributed by atoms with van der Waals surface area (Å²) >= 11 is 6.16. The van der Waals surface area contributed by atoms with E-state index in [0.29, 0.717) is 23.3 Å². The summed E-state index contributed by atoms with van der Waals surface area (Å²) in [5.74, 6) is 2.22. The van der Waals surface area contributed by atoms with Gasteiger partial charge >= 0.3 is 0 Å². The van der Waals surface area contributed by atoms with Gasteiger partial charge in [-0.3, -0.25) is 0 Å². The number of para-hydroxylation sites is 3. The third-order valence-corrected chi connectivity index (χ3v) is 4.43. The lowest BCUT2D eigenvalue weighted by molar-refractivity contribution is 0.286. The van der Waals surface area contributed by atoms with Crippen LogP contribution in [0.3, 0.4) is 0 Å². The first-order valence-corrected chi connectivity index (χ1v) is 8.38. The molecule has 1 atom stereocenters. The summed E-state index contributed by atoms with van der Waals surface area (Å²) in [7, 11) is 0. The molecular weight excluding hydrogens is 308 g/mol. The van der Waals surface area contributed by atoms with Crippen molar-refractivity contribution in [3.05, 3.63) is 59.4 Å². The summed E-state index contributed by atoms with van der Waals surface area (Å²) in [6, 6.07) is 15.8. The highest BCUT2D eigenvalue weighted by atomic mass is 35.5. The Hall–Kier alpha value is -2.00. The number of halogens is 1. The van der Waals surface area contributed by atoms with Crippen LogP contribution in [0.15, 0.2) is 48.5 Å². The van der Waals surface area contributed by atoms with Crippen LogP contribution in [-0.2, 0) is 13.2 Å². The van der Waals surface area contributed by atoms with Crippen LogP contribution < -0.4 is 4.74 Å². The smallest absolute Gasteiger partial charge is 0.148 e. The van der Waals surface area contributed by atoms with Gasteiger partial charge in [-0.2, -0.15) is 0 Å². The van der Waals surface area contributed by atoms with E-state index in [1.807, 2.05) is 36.4 Å². The van der Waals surface area contributed by atoms with Crippen molar-refractivity contribution in [1.82, 2.24) is 9.55 Å². The number of hydrogen-bond acceptors (Lipinski definition) is 2. The number of aromatic nitrogens is 2. The molecule has 2 aromatic carbocycles. The van der Waals surface area contributed by atoms with Gasteiger partial charge in [-0.15, -0.1) is 0 Å². The Morgan fingerprint density at radius 1 is 1.13 bits per heavy atom. The predicted molar refractivity (Wildman–Crippen MR) is 95.0 cm³/mol. The van der Waals surface area contributed by atoms with Crippen molar-refractivity contribution in [2.45, 2.75) is 33.4 Å². The number of imidazole rings is 1. The monoisotopic (exact) mass is 328 g/mol. The Morgan fingerprint density at radius 2 is 1.87 bits per heavy atom. The summed E-state index contributed by atoms with van der Waals surface area (Å²) in [6.07, 6.45) is 1.14. The van der Waals surface area contributed by atoms with E-state index < -0.39 is 0 Å². The maximum absolute atomic E-state index is 6.16. The minimum atomic E-state index is 0.412. The third-order valence-electron chi connectivity index (χ3n) is 4.12. The van der Waals surface area contributed by atoms with Crippen LogP contribution in [0, 0.1) is 5.92 Å². The highest BCUT2D eigenvalue weighted by Crippen LogP contribution is 2.25. The van der Waals surface area contributed by atoms with Crippen molar-refractivity contribution in [3.63, 3.8) is 0 Å². The first-order chi connectivity index (χ1) is 11.2. The molecule has 0 saturated heterocycles. The predicted octanol–water partition coefficient (Wildman–Crippen LogP) is 5.31. The minimum absolute atomic E-state index is 0.412. The lowest BCUT2D eigenvalue weighted by Crippen LogP contribution is -2.12. The standard InChI is InChI=1S/C19H21ClN2O/c1-3-14(2)12-22-17-10-6-5-9-16(17)21-19(22)13-23-18-11-7-4-8-15(18)20/h4-11,14H,3,12-13H2,1-2H3. The molecule has 0 saturated carbocycles. The Labute approximate surface area is 141 Å². The van der Waals surface area contributed by atoms with Gasteiger partial charge in [-0.05, 0) is 30.2 Å². The molecule has 0 aliphatic rings. The van der Waals surface area contributed by atoms with E-state index in [1.165, 1.54) is 0 Å². The number of ether oxygens (including phenoxy) is 1. The van der Waals surface area contributed by atoms with Gasteiger partial charge in [0.25, 0.3) is 0 Å². The van der Waals surface area contributed by atoms with Crippen molar-refractivity contribution in [2.75, 3.05) is 0 Å². The van der Waals surface area contributed by atoms with Gasteiger partial charge in [-0.1, -0.05) is 56.1 Å². The second-order valence-corrected chi connectivity index (χ2v) is 6.27. The molecule has 3 rings (SSSR count). The molecule has 4 heteroatoms. The second-order valence-electron chi connectivity index (χ2n) is 5.86. The molecular formula is C19H21ClN2O. The van der Waals surface area contributed by atoms with Gasteiger partial charge in [0.15, 0.2) is 0 Å². The van der Waals surface area contributed by atoms with Crippen molar-refractivity contribution in [2.24, 2.45) is 5.92 Å². The average molecular weight is 329 g/mol. The van der Waals surface area contributed by atoms with Crippen LogP contribution in [-0.4, -0.2) is 9.55 Å². The molecule has 0 aliphatic carbocycles. The van der Waals surface area contributed by atoms with Gasteiger partial charge in [0.2, 0.25) is 0 Å². The number of benzene rings is 2. The maximum Gasteiger partial charge on any atom is 0.148 e. The van der Waals surface area contributed by atoms with E-state index in [9.17, 15) is 0 Å². The van der Waals surface area contributed by atoms with Crippen molar-refractivity contribution >= 4 is 22.6 Å². The number of hydrogen-bond donors (Lipinski definition) is 0. The van der Waals surface area contributed by atoms with Crippen LogP contribution in [0.1, 0.15) is 26.1 Å². The van der Waals surface area contributed by atoms with Crippen molar-refractivity contribution in [3.8, 4) is 5.75 Å². The number of nitrogens with zero attached hydrogens (tertiary/aromatic N) is 2. The van der Waals surface area contributed by atoms with E-state index in [0.717, 1.165) is 29.8 Å². The van der Waals surface area contributed by atoms with Gasteiger partial charge in [-0.25, -0.2) is 4.98 Å². The first kappa shape index (κ1) is 15.9. The first-order valence-electron chi connectivity index (χ1n) is 8.00. The van der Waals surface area contributed by atoms with Crippen LogP contribution in [0.5, 0.6) is 5.75 Å². The zero-order chi connectivity index (χ0) is 16.2. The molecule has 1 heterocycles. The van der Waals surface area contributed by atoms with Gasteiger partial charge in [0, 0.05) is 6.54 Å². The molecule has 120 valence electrons. The molecule has 0 aliphatic heterocycles. The Bertz CT molecular complexity index is 797. The van der Waals surface area contributed by atoms with E-state index in [-0.39, 0.29) is 0 Å². The van der Waals surface area contributed by atoms with Gasteiger partial charge in [0.05, 0.1) is 16.1 Å². The molecule has 0 fully saturated rings. The van der Waals surface area contributed by atoms with Crippen LogP contribution in [0.25, 0.3) is 11.0 Å². The lowest BCUT2D eigenvalue weighted by Gasteiger charge is -2.14. The summed E-state index contributed by atoms with van der Waals surface area (Å²) in [5.41, 5.74) is 2.17. The Kier molecular flexibility index (Phi) is 4.87. The molecule has 23 heavy (non-hydrogen) atoms. The summed E-state index contributed by atoms with van der Waals surface area (Å²) in [5, 5.41) is 0.622. The highest BCUT2D eigenvalue weighted by molar-refractivity contribution is 6.32. The summed E-state index contributed by atoms with van der Waals surface area (Å²) < 4.78 is 8.16. The van der Waals surface area contributed by atoms with Gasteiger partial charge in [0.1, 0.15) is 18.2 Å². The molecule has 3 aromatic rings. The van der Waals surface area contributed by atoms with Crippen LogP contribution in [0.4, 0.5) is 0 Å². The molecule has 3 nitrogen and oxygen atoms in total. The summed E-state index contributed by atoms with van der Waals surface area (Å²) in [4.78, 5) is 4.74. The zero-order valence-corrected chi connectivity index (χ0v) is 14.3. The molecule has 0 bridgehead atoms. The lowest BCUT2D eigenvalue weighted by atomic mass is 10.1. The fraction of sp³-hybridized carbons (Fsp3) is 0.316. The van der Waals surface area contributed by atoms with E-state index in [2.05, 4.69) is 30.5 Å². The highest BCUT2D eigenvalue weighted by Gasteiger charge is 2.13. The maximum atomic E-state index is 6.16. The molecule has 0 amide bonds. The third kappa shape index (κ3) is 3.50. The number of rotatable bonds is 6. The Balaban J connectivity index is 1.90. The molecule has 0 spiro atoms. The second kappa shape index (κ2) is 7.05. The normalized spacial score (nSPS) is 12.5. The van der Waals surface area contributed by atoms with Crippen molar-refractivity contribution in [1.29, 1.82) is 0 Å². The summed E-state index contributed by atoms with van der Waals surface area (Å²) in [6.45, 7) is 5.82. The Morgan fingerprint density at radius 3 is 2.65 bits per heavy atom. The van der Waals surface area contributed by atoms with Crippen LogP contribution in [0.2, 0.25) is 5.02 Å². The quantitative estimate of drug-likeness (QED) is 0.612. The number of fused-ring (bicyclic) bond motifs is 1. The molecule has 1 unspecified atom stereocenters. The topological polar surface area (TPSA) is 27.1 Å². The average Bonchev–Trinajstić information content (AvgIpc) is 2.92. The SMILES string of the molecule is CCC(C)Cn1c(COc2ccccc2Cl)nc2ccccc21. The van der Waals surface area contributed by atoms with Gasteiger partial charge < -0.3 is 9.30 Å². The molecule has 0 radical (unpaired) electrons. The van der Waals surface area contributed by atoms with Crippen LogP contribution >= 0.6 is 11.6 Å². The fourth-order valence-electron chi connectivity index (χ4n) is 2.58. The zero-order valence-electron chi connectivity index (χ0n) is 13.5. The fourth-order valence-corrected chi connectivity index (χ4v) is 2.77.